The number of rotatable bonds is 2. The minimum absolute atomic E-state index is 0.0200. The first-order valence-corrected chi connectivity index (χ1v) is 5.19. The summed E-state index contributed by atoms with van der Waals surface area (Å²) in [6.45, 7) is 0. The fourth-order valence-electron chi connectivity index (χ4n) is 1.52. The van der Waals surface area contributed by atoms with Crippen LogP contribution in [0.1, 0.15) is 19.3 Å². The number of allylic oxidation sites excluding steroid dienone is 2. The molecule has 17 heavy (non-hydrogen) atoms. The largest absolute Gasteiger partial charge is 0.465 e. The number of ketones is 1. The van der Waals surface area contributed by atoms with E-state index in [0.29, 0.717) is 12.8 Å². The molecule has 0 radical (unpaired) electrons. The minimum atomic E-state index is -0.642. The van der Waals surface area contributed by atoms with E-state index < -0.39 is 11.9 Å². The van der Waals surface area contributed by atoms with Crippen molar-refractivity contribution in [3.05, 3.63) is 23.3 Å². The second-order valence-electron chi connectivity index (χ2n) is 3.50. The van der Waals surface area contributed by atoms with Crippen LogP contribution in [0.25, 0.3) is 0 Å². The van der Waals surface area contributed by atoms with Crippen molar-refractivity contribution in [3.63, 3.8) is 0 Å². The lowest BCUT2D eigenvalue weighted by molar-refractivity contribution is -0.139. The Morgan fingerprint density at radius 2 is 1.59 bits per heavy atom. The van der Waals surface area contributed by atoms with Crippen molar-refractivity contribution >= 4 is 17.7 Å². The normalized spacial score (nSPS) is 22.4. The molecule has 0 unspecified atom stereocenters. The summed E-state index contributed by atoms with van der Waals surface area (Å²) in [6, 6.07) is 0. The summed E-state index contributed by atoms with van der Waals surface area (Å²) in [6.07, 6.45) is 3.84. The Kier molecular flexibility index (Phi) is 4.63. The van der Waals surface area contributed by atoms with E-state index in [2.05, 4.69) is 9.47 Å². The number of esters is 2. The molecule has 5 heteroatoms. The zero-order valence-electron chi connectivity index (χ0n) is 9.82. The number of carbonyl (C=O) groups is 3. The molecule has 0 fully saturated rings. The quantitative estimate of drug-likeness (QED) is 0.669. The van der Waals surface area contributed by atoms with E-state index in [-0.39, 0.29) is 23.4 Å². The fraction of sp³-hybridized carbons (Fsp3) is 0.417. The lowest BCUT2D eigenvalue weighted by atomic mass is 9.98. The third-order valence-corrected chi connectivity index (χ3v) is 2.41. The van der Waals surface area contributed by atoms with Gasteiger partial charge in [-0.2, -0.15) is 0 Å². The predicted molar refractivity (Wildman–Crippen MR) is 59.1 cm³/mol. The zero-order chi connectivity index (χ0) is 12.8. The van der Waals surface area contributed by atoms with Crippen molar-refractivity contribution in [1.82, 2.24) is 0 Å². The molecule has 0 aromatic carbocycles. The summed E-state index contributed by atoms with van der Waals surface area (Å²) in [7, 11) is 2.46. The van der Waals surface area contributed by atoms with Gasteiger partial charge >= 0.3 is 11.9 Å². The third kappa shape index (κ3) is 3.27. The van der Waals surface area contributed by atoms with Crippen molar-refractivity contribution < 1.29 is 23.9 Å². The van der Waals surface area contributed by atoms with E-state index in [1.807, 2.05) is 0 Å². The number of ether oxygens (including phenoxy) is 2. The molecule has 0 N–H and O–H groups in total. The van der Waals surface area contributed by atoms with Gasteiger partial charge in [-0.05, 0) is 6.42 Å². The summed E-state index contributed by atoms with van der Waals surface area (Å²) in [5.41, 5.74) is 0.249. The van der Waals surface area contributed by atoms with Gasteiger partial charge in [-0.15, -0.1) is 0 Å². The predicted octanol–water partition coefficient (Wildman–Crippen LogP) is 0.938. The Hall–Kier alpha value is -1.91. The molecule has 92 valence electrons. The Labute approximate surface area is 99.1 Å². The summed E-state index contributed by atoms with van der Waals surface area (Å²) < 4.78 is 9.18. The number of hydrogen-bond acceptors (Lipinski definition) is 5. The van der Waals surface area contributed by atoms with E-state index in [4.69, 9.17) is 0 Å². The highest BCUT2D eigenvalue weighted by molar-refractivity contribution is 6.07. The molecule has 1 aliphatic rings. The average Bonchev–Trinajstić information content (AvgIpc) is 2.32. The number of hydrogen-bond donors (Lipinski definition) is 0. The van der Waals surface area contributed by atoms with Crippen LogP contribution in [0.5, 0.6) is 0 Å². The second-order valence-corrected chi connectivity index (χ2v) is 3.50. The van der Waals surface area contributed by atoms with Gasteiger partial charge in [0.25, 0.3) is 0 Å². The van der Waals surface area contributed by atoms with Gasteiger partial charge < -0.3 is 9.47 Å². The molecule has 1 aliphatic carbocycles. The Morgan fingerprint density at radius 1 is 1.06 bits per heavy atom. The minimum Gasteiger partial charge on any atom is -0.465 e. The van der Waals surface area contributed by atoms with Crippen LogP contribution in [-0.4, -0.2) is 31.9 Å². The number of methoxy groups -OCH3 is 2. The highest BCUT2D eigenvalue weighted by Gasteiger charge is 2.23. The summed E-state index contributed by atoms with van der Waals surface area (Å²) >= 11 is 0. The molecule has 0 aliphatic heterocycles. The van der Waals surface area contributed by atoms with Gasteiger partial charge in [0.15, 0.2) is 0 Å². The number of Topliss-reactive ketones (excluding diaryl/α,β-unsaturated/α-hetero) is 1. The van der Waals surface area contributed by atoms with Gasteiger partial charge in [0.1, 0.15) is 5.78 Å². The topological polar surface area (TPSA) is 69.7 Å². The van der Waals surface area contributed by atoms with Crippen LogP contribution < -0.4 is 0 Å². The van der Waals surface area contributed by atoms with E-state index in [1.54, 1.807) is 0 Å². The van der Waals surface area contributed by atoms with Gasteiger partial charge in [-0.3, -0.25) is 4.79 Å². The standard InChI is InChI=1S/C12H14O5/c1-16-11(14)9-5-3-4-8(13)6-7-10(9)12(15)17-2/h5,7H,3-4,6H2,1-2H3/b9-5+,10-7+. The van der Waals surface area contributed by atoms with Gasteiger partial charge in [0, 0.05) is 12.8 Å². The van der Waals surface area contributed by atoms with Crippen LogP contribution in [0.4, 0.5) is 0 Å². The molecule has 0 saturated heterocycles. The van der Waals surface area contributed by atoms with Gasteiger partial charge in [-0.25, -0.2) is 9.59 Å². The Morgan fingerprint density at radius 3 is 2.12 bits per heavy atom. The van der Waals surface area contributed by atoms with Crippen LogP contribution in [0, 0.1) is 0 Å². The highest BCUT2D eigenvalue weighted by atomic mass is 16.5. The van der Waals surface area contributed by atoms with E-state index in [0.717, 1.165) is 0 Å². The maximum atomic E-state index is 11.5. The third-order valence-electron chi connectivity index (χ3n) is 2.41. The molecule has 0 spiro atoms. The number of carbonyl (C=O) groups excluding carboxylic acids is 3. The molecule has 0 atom stereocenters. The first kappa shape index (κ1) is 13.2. The van der Waals surface area contributed by atoms with Crippen LogP contribution in [0.3, 0.4) is 0 Å². The molecule has 0 heterocycles. The van der Waals surface area contributed by atoms with Gasteiger partial charge in [-0.1, -0.05) is 12.2 Å². The zero-order valence-corrected chi connectivity index (χ0v) is 9.82. The van der Waals surface area contributed by atoms with Gasteiger partial charge in [0.2, 0.25) is 0 Å². The fourth-order valence-corrected chi connectivity index (χ4v) is 1.52. The van der Waals surface area contributed by atoms with E-state index in [1.165, 1.54) is 26.4 Å². The lowest BCUT2D eigenvalue weighted by Gasteiger charge is -2.11. The monoisotopic (exact) mass is 238 g/mol. The molecule has 0 bridgehead atoms. The maximum Gasteiger partial charge on any atom is 0.338 e. The highest BCUT2D eigenvalue weighted by Crippen LogP contribution is 2.19. The smallest absolute Gasteiger partial charge is 0.338 e. The van der Waals surface area contributed by atoms with Crippen molar-refractivity contribution in [2.45, 2.75) is 19.3 Å². The average molecular weight is 238 g/mol. The van der Waals surface area contributed by atoms with E-state index >= 15 is 0 Å². The molecular weight excluding hydrogens is 224 g/mol. The molecule has 0 saturated carbocycles. The molecule has 5 nitrogen and oxygen atoms in total. The second kappa shape index (κ2) is 5.98. The summed E-state index contributed by atoms with van der Waals surface area (Å²) in [5, 5.41) is 0. The Bertz CT molecular complexity index is 403. The van der Waals surface area contributed by atoms with Crippen molar-refractivity contribution in [2.24, 2.45) is 0 Å². The van der Waals surface area contributed by atoms with Crippen molar-refractivity contribution in [3.8, 4) is 0 Å². The van der Waals surface area contributed by atoms with Crippen molar-refractivity contribution in [1.29, 1.82) is 0 Å². The van der Waals surface area contributed by atoms with Crippen molar-refractivity contribution in [2.75, 3.05) is 14.2 Å². The Balaban J connectivity index is 3.11. The summed E-state index contributed by atoms with van der Waals surface area (Å²) in [5.74, 6) is -1.22. The summed E-state index contributed by atoms with van der Waals surface area (Å²) in [4.78, 5) is 34.3. The SMILES string of the molecule is COC(=O)C1=C/CCC(=O)C/C=C\1C(=O)OC. The molecule has 0 aromatic rings. The molecule has 0 aromatic heterocycles. The molecule has 0 amide bonds. The first-order valence-electron chi connectivity index (χ1n) is 5.19. The lowest BCUT2D eigenvalue weighted by Crippen LogP contribution is -2.16. The van der Waals surface area contributed by atoms with E-state index in [9.17, 15) is 14.4 Å². The molecular formula is C12H14O5. The van der Waals surface area contributed by atoms with Crippen LogP contribution in [0.2, 0.25) is 0 Å². The maximum absolute atomic E-state index is 11.5. The molecule has 1 rings (SSSR count). The first-order chi connectivity index (χ1) is 8.10. The van der Waals surface area contributed by atoms with Crippen LogP contribution in [0.15, 0.2) is 23.3 Å². The van der Waals surface area contributed by atoms with Crippen LogP contribution in [-0.2, 0) is 23.9 Å². The van der Waals surface area contributed by atoms with Crippen LogP contribution >= 0.6 is 0 Å². The van der Waals surface area contributed by atoms with Gasteiger partial charge in [0.05, 0.1) is 25.4 Å².